The highest BCUT2D eigenvalue weighted by molar-refractivity contribution is 5.82. The number of likely N-dealkylation sites (N-methyl/N-ethyl adjacent to an activating group) is 1. The van der Waals surface area contributed by atoms with Crippen molar-refractivity contribution in [2.45, 2.75) is 66.0 Å². The van der Waals surface area contributed by atoms with Crippen LogP contribution in [-0.2, 0) is 4.79 Å². The first-order chi connectivity index (χ1) is 9.74. The summed E-state index contributed by atoms with van der Waals surface area (Å²) in [4.78, 5) is 14.9. The molecule has 0 aromatic rings. The summed E-state index contributed by atoms with van der Waals surface area (Å²) in [5, 5.41) is 6.39. The van der Waals surface area contributed by atoms with Crippen molar-refractivity contribution in [2.24, 2.45) is 10.8 Å². The fourth-order valence-electron chi connectivity index (χ4n) is 4.71. The Morgan fingerprint density at radius 2 is 1.86 bits per heavy atom. The first-order valence-electron chi connectivity index (χ1n) is 8.48. The highest BCUT2D eigenvalue weighted by Crippen LogP contribution is 2.47. The average molecular weight is 295 g/mol. The van der Waals surface area contributed by atoms with Crippen LogP contribution in [0.25, 0.3) is 0 Å². The predicted molar refractivity (Wildman–Crippen MR) is 87.2 cm³/mol. The summed E-state index contributed by atoms with van der Waals surface area (Å²) >= 11 is 0. The van der Waals surface area contributed by atoms with E-state index in [4.69, 9.17) is 0 Å². The molecule has 1 aliphatic carbocycles. The number of carbonyl (C=O) groups excluding carboxylic acids is 1. The minimum Gasteiger partial charge on any atom is -0.355 e. The van der Waals surface area contributed by atoms with E-state index in [9.17, 15) is 4.79 Å². The zero-order valence-electron chi connectivity index (χ0n) is 14.5. The van der Waals surface area contributed by atoms with Crippen LogP contribution in [0.15, 0.2) is 0 Å². The highest BCUT2D eigenvalue weighted by Gasteiger charge is 2.43. The van der Waals surface area contributed by atoms with E-state index >= 15 is 0 Å². The van der Waals surface area contributed by atoms with Crippen LogP contribution in [0.3, 0.4) is 0 Å². The lowest BCUT2D eigenvalue weighted by Crippen LogP contribution is -2.62. The number of carbonyl (C=O) groups is 1. The van der Waals surface area contributed by atoms with Gasteiger partial charge in [0.1, 0.15) is 6.04 Å². The van der Waals surface area contributed by atoms with Gasteiger partial charge in [-0.2, -0.15) is 0 Å². The van der Waals surface area contributed by atoms with Gasteiger partial charge in [0.25, 0.3) is 0 Å². The number of hydrogen-bond acceptors (Lipinski definition) is 3. The Labute approximate surface area is 130 Å². The molecule has 21 heavy (non-hydrogen) atoms. The SMILES string of the molecule is CCNC(=O)C1CNCCN1C1CC(C)(C)CC(C)(C)C1. The number of piperazine rings is 1. The molecule has 0 spiro atoms. The summed E-state index contributed by atoms with van der Waals surface area (Å²) in [7, 11) is 0. The molecule has 122 valence electrons. The molecule has 1 atom stereocenters. The highest BCUT2D eigenvalue weighted by atomic mass is 16.2. The van der Waals surface area contributed by atoms with Gasteiger partial charge in [0, 0.05) is 32.2 Å². The monoisotopic (exact) mass is 295 g/mol. The quantitative estimate of drug-likeness (QED) is 0.837. The summed E-state index contributed by atoms with van der Waals surface area (Å²) in [6, 6.07) is 0.520. The lowest BCUT2D eigenvalue weighted by Gasteiger charge is -2.51. The van der Waals surface area contributed by atoms with Crippen molar-refractivity contribution in [3.63, 3.8) is 0 Å². The Kier molecular flexibility index (Phi) is 4.99. The normalized spacial score (nSPS) is 30.0. The number of rotatable bonds is 3. The molecule has 4 nitrogen and oxygen atoms in total. The Hall–Kier alpha value is -0.610. The van der Waals surface area contributed by atoms with Gasteiger partial charge < -0.3 is 10.6 Å². The van der Waals surface area contributed by atoms with E-state index in [2.05, 4.69) is 43.2 Å². The number of nitrogens with zero attached hydrogens (tertiary/aromatic N) is 1. The van der Waals surface area contributed by atoms with Crippen LogP contribution in [-0.4, -0.2) is 49.1 Å². The van der Waals surface area contributed by atoms with Gasteiger partial charge in [0.05, 0.1) is 0 Å². The fraction of sp³-hybridized carbons (Fsp3) is 0.941. The lowest BCUT2D eigenvalue weighted by molar-refractivity contribution is -0.129. The molecule has 0 bridgehead atoms. The van der Waals surface area contributed by atoms with E-state index in [1.54, 1.807) is 0 Å². The molecule has 0 aromatic carbocycles. The molecular weight excluding hydrogens is 262 g/mol. The molecule has 1 amide bonds. The molecular formula is C17H33N3O. The van der Waals surface area contributed by atoms with E-state index in [0.717, 1.165) is 19.6 Å². The van der Waals surface area contributed by atoms with Gasteiger partial charge >= 0.3 is 0 Å². The zero-order valence-corrected chi connectivity index (χ0v) is 14.5. The summed E-state index contributed by atoms with van der Waals surface area (Å²) in [6.07, 6.45) is 3.67. The van der Waals surface area contributed by atoms with Crippen LogP contribution in [0, 0.1) is 10.8 Å². The smallest absolute Gasteiger partial charge is 0.238 e. The van der Waals surface area contributed by atoms with Crippen LogP contribution < -0.4 is 10.6 Å². The van der Waals surface area contributed by atoms with Crippen LogP contribution in [0.2, 0.25) is 0 Å². The fourth-order valence-corrected chi connectivity index (χ4v) is 4.71. The Morgan fingerprint density at radius 1 is 1.24 bits per heavy atom. The van der Waals surface area contributed by atoms with E-state index < -0.39 is 0 Å². The van der Waals surface area contributed by atoms with Gasteiger partial charge in [-0.25, -0.2) is 0 Å². The summed E-state index contributed by atoms with van der Waals surface area (Å²) in [5.41, 5.74) is 0.728. The van der Waals surface area contributed by atoms with Gasteiger partial charge in [-0.15, -0.1) is 0 Å². The third kappa shape index (κ3) is 4.19. The Morgan fingerprint density at radius 3 is 2.43 bits per heavy atom. The number of amides is 1. The molecule has 2 rings (SSSR count). The summed E-state index contributed by atoms with van der Waals surface area (Å²) in [5.74, 6) is 0.186. The van der Waals surface area contributed by atoms with Crippen LogP contribution in [0.4, 0.5) is 0 Å². The first kappa shape index (κ1) is 16.8. The van der Waals surface area contributed by atoms with Gasteiger partial charge in [0.2, 0.25) is 5.91 Å². The molecule has 0 aromatic heterocycles. The third-order valence-electron chi connectivity index (χ3n) is 4.94. The number of hydrogen-bond donors (Lipinski definition) is 2. The zero-order chi connectivity index (χ0) is 15.7. The van der Waals surface area contributed by atoms with Crippen molar-refractivity contribution in [1.29, 1.82) is 0 Å². The molecule has 1 saturated heterocycles. The molecule has 1 saturated carbocycles. The van der Waals surface area contributed by atoms with Crippen molar-refractivity contribution < 1.29 is 4.79 Å². The maximum atomic E-state index is 12.4. The summed E-state index contributed by atoms with van der Waals surface area (Å²) in [6.45, 7) is 15.0. The van der Waals surface area contributed by atoms with E-state index in [1.165, 1.54) is 19.3 Å². The van der Waals surface area contributed by atoms with Crippen LogP contribution >= 0.6 is 0 Å². The molecule has 1 aliphatic heterocycles. The first-order valence-corrected chi connectivity index (χ1v) is 8.48. The second-order valence-electron chi connectivity index (χ2n) is 8.42. The van der Waals surface area contributed by atoms with Crippen molar-refractivity contribution in [2.75, 3.05) is 26.2 Å². The molecule has 0 radical (unpaired) electrons. The standard InChI is InChI=1S/C17H33N3O/c1-6-19-15(21)14-11-18-7-8-20(14)13-9-16(2,3)12-17(4,5)10-13/h13-14,18H,6-12H2,1-5H3,(H,19,21). The molecule has 2 aliphatic rings. The molecule has 2 fully saturated rings. The minimum atomic E-state index is -0.00611. The Balaban J connectivity index is 2.14. The van der Waals surface area contributed by atoms with Gasteiger partial charge in [-0.3, -0.25) is 9.69 Å². The molecule has 1 heterocycles. The lowest BCUT2D eigenvalue weighted by atomic mass is 9.63. The van der Waals surface area contributed by atoms with Crippen molar-refractivity contribution in [3.8, 4) is 0 Å². The largest absolute Gasteiger partial charge is 0.355 e. The maximum absolute atomic E-state index is 12.4. The van der Waals surface area contributed by atoms with E-state index in [1.807, 2.05) is 6.92 Å². The van der Waals surface area contributed by atoms with Crippen molar-refractivity contribution in [3.05, 3.63) is 0 Å². The molecule has 4 heteroatoms. The number of nitrogens with one attached hydrogen (secondary N) is 2. The summed E-state index contributed by atoms with van der Waals surface area (Å²) < 4.78 is 0. The third-order valence-corrected chi connectivity index (χ3v) is 4.94. The van der Waals surface area contributed by atoms with Crippen molar-refractivity contribution >= 4 is 5.91 Å². The van der Waals surface area contributed by atoms with Crippen LogP contribution in [0.1, 0.15) is 53.9 Å². The van der Waals surface area contributed by atoms with Gasteiger partial charge in [-0.1, -0.05) is 27.7 Å². The molecule has 1 unspecified atom stereocenters. The Bertz CT molecular complexity index is 362. The predicted octanol–water partition coefficient (Wildman–Crippen LogP) is 2.00. The van der Waals surface area contributed by atoms with Crippen molar-refractivity contribution in [1.82, 2.24) is 15.5 Å². The average Bonchev–Trinajstić information content (AvgIpc) is 2.35. The van der Waals surface area contributed by atoms with Crippen LogP contribution in [0.5, 0.6) is 0 Å². The van der Waals surface area contributed by atoms with Gasteiger partial charge in [-0.05, 0) is 37.0 Å². The minimum absolute atomic E-state index is 0.00611. The second kappa shape index (κ2) is 6.25. The topological polar surface area (TPSA) is 44.4 Å². The maximum Gasteiger partial charge on any atom is 0.238 e. The molecule has 2 N–H and O–H groups in total. The second-order valence-corrected chi connectivity index (χ2v) is 8.42. The van der Waals surface area contributed by atoms with Gasteiger partial charge in [0.15, 0.2) is 0 Å². The van der Waals surface area contributed by atoms with E-state index in [-0.39, 0.29) is 11.9 Å². The van der Waals surface area contributed by atoms with E-state index in [0.29, 0.717) is 23.4 Å².